The third-order valence-corrected chi connectivity index (χ3v) is 3.40. The summed E-state index contributed by atoms with van der Waals surface area (Å²) in [4.78, 5) is 12.0. The van der Waals surface area contributed by atoms with E-state index in [0.29, 0.717) is 19.1 Å². The van der Waals surface area contributed by atoms with Gasteiger partial charge in [0.25, 0.3) is 0 Å². The summed E-state index contributed by atoms with van der Waals surface area (Å²) in [5.41, 5.74) is 6.06. The summed E-state index contributed by atoms with van der Waals surface area (Å²) >= 11 is 0. The average molecular weight is 256 g/mol. The third-order valence-electron chi connectivity index (χ3n) is 3.40. The highest BCUT2D eigenvalue weighted by atomic mass is 16.5. The van der Waals surface area contributed by atoms with Gasteiger partial charge in [-0.05, 0) is 18.8 Å². The predicted molar refractivity (Wildman–Crippen MR) is 73.2 cm³/mol. The highest BCUT2D eigenvalue weighted by Gasteiger charge is 2.26. The van der Waals surface area contributed by atoms with E-state index in [1.165, 1.54) is 6.42 Å². The van der Waals surface area contributed by atoms with E-state index in [1.54, 1.807) is 0 Å². The predicted octanol–water partition coefficient (Wildman–Crippen LogP) is 1.68. The molecule has 0 saturated heterocycles. The lowest BCUT2D eigenvalue weighted by atomic mass is 9.95. The standard InChI is InChI=1S/C14H28N2O2/c1-11(2)10-18-9-8-16-14(17)12-6-4-3-5-7-13(12)15/h11-13H,3-10,15H2,1-2H3,(H,16,17). The largest absolute Gasteiger partial charge is 0.379 e. The lowest BCUT2D eigenvalue weighted by Crippen LogP contribution is -2.42. The molecule has 0 bridgehead atoms. The zero-order valence-corrected chi connectivity index (χ0v) is 11.8. The van der Waals surface area contributed by atoms with E-state index in [2.05, 4.69) is 19.2 Å². The summed E-state index contributed by atoms with van der Waals surface area (Å²) in [7, 11) is 0. The molecule has 0 aliphatic heterocycles. The Hall–Kier alpha value is -0.610. The molecule has 0 aromatic carbocycles. The van der Waals surface area contributed by atoms with Crippen LogP contribution in [0, 0.1) is 11.8 Å². The summed E-state index contributed by atoms with van der Waals surface area (Å²) in [6.07, 6.45) is 5.38. The van der Waals surface area contributed by atoms with Crippen molar-refractivity contribution in [3.8, 4) is 0 Å². The van der Waals surface area contributed by atoms with E-state index in [1.807, 2.05) is 0 Å². The number of hydrogen-bond acceptors (Lipinski definition) is 3. The average Bonchev–Trinajstić information content (AvgIpc) is 2.53. The second-order valence-electron chi connectivity index (χ2n) is 5.67. The lowest BCUT2D eigenvalue weighted by molar-refractivity contribution is -0.126. The van der Waals surface area contributed by atoms with Gasteiger partial charge in [0.1, 0.15) is 0 Å². The molecule has 1 fully saturated rings. The molecular formula is C14H28N2O2. The van der Waals surface area contributed by atoms with Crippen molar-refractivity contribution < 1.29 is 9.53 Å². The summed E-state index contributed by atoms with van der Waals surface area (Å²) in [6, 6.07) is 0.0316. The first kappa shape index (κ1) is 15.4. The minimum atomic E-state index is -0.00222. The van der Waals surface area contributed by atoms with Crippen LogP contribution in [-0.2, 0) is 9.53 Å². The Balaban J connectivity index is 2.18. The van der Waals surface area contributed by atoms with Crippen LogP contribution in [0.2, 0.25) is 0 Å². The highest BCUT2D eigenvalue weighted by molar-refractivity contribution is 5.79. The maximum atomic E-state index is 12.0. The second-order valence-corrected chi connectivity index (χ2v) is 5.67. The Bertz CT molecular complexity index is 244. The van der Waals surface area contributed by atoms with Gasteiger partial charge >= 0.3 is 0 Å². The van der Waals surface area contributed by atoms with E-state index in [-0.39, 0.29) is 17.9 Å². The Morgan fingerprint density at radius 3 is 2.78 bits per heavy atom. The Labute approximate surface area is 111 Å². The van der Waals surface area contributed by atoms with Crippen LogP contribution in [0.5, 0.6) is 0 Å². The molecule has 1 amide bonds. The first-order chi connectivity index (χ1) is 8.61. The van der Waals surface area contributed by atoms with Crippen LogP contribution in [-0.4, -0.2) is 31.7 Å². The molecule has 106 valence electrons. The molecule has 1 aliphatic rings. The van der Waals surface area contributed by atoms with Crippen LogP contribution in [0.1, 0.15) is 46.0 Å². The maximum Gasteiger partial charge on any atom is 0.224 e. The van der Waals surface area contributed by atoms with E-state index >= 15 is 0 Å². The second kappa shape index (κ2) is 8.48. The number of rotatable bonds is 6. The Morgan fingerprint density at radius 2 is 2.06 bits per heavy atom. The molecule has 0 spiro atoms. The van der Waals surface area contributed by atoms with E-state index in [0.717, 1.165) is 32.3 Å². The molecule has 4 nitrogen and oxygen atoms in total. The molecule has 0 aromatic rings. The zero-order chi connectivity index (χ0) is 13.4. The molecule has 3 N–H and O–H groups in total. The fourth-order valence-electron chi connectivity index (χ4n) is 2.36. The van der Waals surface area contributed by atoms with Crippen molar-refractivity contribution in [1.29, 1.82) is 0 Å². The van der Waals surface area contributed by atoms with Gasteiger partial charge in [-0.2, -0.15) is 0 Å². The van der Waals surface area contributed by atoms with Crippen molar-refractivity contribution in [2.75, 3.05) is 19.8 Å². The number of hydrogen-bond donors (Lipinski definition) is 2. The number of carbonyl (C=O) groups is 1. The van der Waals surface area contributed by atoms with Gasteiger partial charge in [0.05, 0.1) is 12.5 Å². The third kappa shape index (κ3) is 5.83. The summed E-state index contributed by atoms with van der Waals surface area (Å²) in [6.45, 7) is 6.16. The maximum absolute atomic E-state index is 12.0. The van der Waals surface area contributed by atoms with Crippen LogP contribution >= 0.6 is 0 Å². The van der Waals surface area contributed by atoms with Gasteiger partial charge in [-0.25, -0.2) is 0 Å². The molecule has 1 aliphatic carbocycles. The van der Waals surface area contributed by atoms with Crippen molar-refractivity contribution in [2.45, 2.75) is 52.0 Å². The molecule has 1 saturated carbocycles. The SMILES string of the molecule is CC(C)COCCNC(=O)C1CCCCCC1N. The lowest BCUT2D eigenvalue weighted by Gasteiger charge is -2.20. The molecular weight excluding hydrogens is 228 g/mol. The normalized spacial score (nSPS) is 24.9. The Kier molecular flexibility index (Phi) is 7.28. The van der Waals surface area contributed by atoms with Crippen molar-refractivity contribution in [3.05, 3.63) is 0 Å². The van der Waals surface area contributed by atoms with Gasteiger partial charge in [0, 0.05) is 19.2 Å². The molecule has 1 rings (SSSR count). The number of nitrogens with one attached hydrogen (secondary N) is 1. The fourth-order valence-corrected chi connectivity index (χ4v) is 2.36. The van der Waals surface area contributed by atoms with E-state index in [4.69, 9.17) is 10.5 Å². The summed E-state index contributed by atoms with van der Waals surface area (Å²) in [5.74, 6) is 0.645. The van der Waals surface area contributed by atoms with Crippen molar-refractivity contribution in [3.63, 3.8) is 0 Å². The fraction of sp³-hybridized carbons (Fsp3) is 0.929. The van der Waals surface area contributed by atoms with Crippen LogP contribution < -0.4 is 11.1 Å². The van der Waals surface area contributed by atoms with Gasteiger partial charge in [0.2, 0.25) is 5.91 Å². The number of carbonyl (C=O) groups excluding carboxylic acids is 1. The molecule has 0 aromatic heterocycles. The van der Waals surface area contributed by atoms with E-state index < -0.39 is 0 Å². The quantitative estimate of drug-likeness (QED) is 0.561. The highest BCUT2D eigenvalue weighted by Crippen LogP contribution is 2.22. The number of amides is 1. The summed E-state index contributed by atoms with van der Waals surface area (Å²) < 4.78 is 5.44. The van der Waals surface area contributed by atoms with Crippen molar-refractivity contribution in [2.24, 2.45) is 17.6 Å². The number of nitrogens with two attached hydrogens (primary N) is 1. The van der Waals surface area contributed by atoms with Gasteiger partial charge in [0.15, 0.2) is 0 Å². The van der Waals surface area contributed by atoms with Crippen molar-refractivity contribution >= 4 is 5.91 Å². The minimum Gasteiger partial charge on any atom is -0.379 e. The first-order valence-electron chi connectivity index (χ1n) is 7.22. The van der Waals surface area contributed by atoms with Crippen LogP contribution in [0.25, 0.3) is 0 Å². The van der Waals surface area contributed by atoms with Gasteiger partial charge < -0.3 is 15.8 Å². The first-order valence-corrected chi connectivity index (χ1v) is 7.22. The van der Waals surface area contributed by atoms with Crippen LogP contribution in [0.4, 0.5) is 0 Å². The molecule has 0 heterocycles. The van der Waals surface area contributed by atoms with E-state index in [9.17, 15) is 4.79 Å². The van der Waals surface area contributed by atoms with Gasteiger partial charge in [-0.1, -0.05) is 33.1 Å². The molecule has 2 atom stereocenters. The molecule has 2 unspecified atom stereocenters. The van der Waals surface area contributed by atoms with Gasteiger partial charge in [-0.15, -0.1) is 0 Å². The topological polar surface area (TPSA) is 64.3 Å². The van der Waals surface area contributed by atoms with Gasteiger partial charge in [-0.3, -0.25) is 4.79 Å². The molecule has 0 radical (unpaired) electrons. The molecule has 18 heavy (non-hydrogen) atoms. The summed E-state index contributed by atoms with van der Waals surface area (Å²) in [5, 5.41) is 2.94. The zero-order valence-electron chi connectivity index (χ0n) is 11.8. The van der Waals surface area contributed by atoms with Crippen LogP contribution in [0.15, 0.2) is 0 Å². The smallest absolute Gasteiger partial charge is 0.224 e. The number of ether oxygens (including phenoxy) is 1. The van der Waals surface area contributed by atoms with Crippen molar-refractivity contribution in [1.82, 2.24) is 5.32 Å². The monoisotopic (exact) mass is 256 g/mol. The molecule has 4 heteroatoms. The minimum absolute atomic E-state index is 0.00222. The Morgan fingerprint density at radius 1 is 1.33 bits per heavy atom. The van der Waals surface area contributed by atoms with Crippen LogP contribution in [0.3, 0.4) is 0 Å².